The molecule has 2 aliphatic carbocycles. The maximum atomic E-state index is 12.9. The van der Waals surface area contributed by atoms with Crippen LogP contribution in [0.25, 0.3) is 0 Å². The predicted octanol–water partition coefficient (Wildman–Crippen LogP) is 4.63. The van der Waals surface area contributed by atoms with Crippen LogP contribution in [0, 0.1) is 11.3 Å². The molecule has 1 fully saturated rings. The normalized spacial score (nSPS) is 25.8. The third-order valence-corrected chi connectivity index (χ3v) is 3.54. The Morgan fingerprint density at radius 1 is 1.25 bits per heavy atom. The molecule has 1 saturated carbocycles. The van der Waals surface area contributed by atoms with Crippen molar-refractivity contribution in [2.75, 3.05) is 0 Å². The van der Waals surface area contributed by atoms with Gasteiger partial charge >= 0.3 is 6.18 Å². The van der Waals surface area contributed by atoms with Crippen molar-refractivity contribution in [3.63, 3.8) is 0 Å². The van der Waals surface area contributed by atoms with Crippen molar-refractivity contribution in [2.45, 2.75) is 45.7 Å². The maximum Gasteiger partial charge on any atom is 0.416 e. The zero-order chi connectivity index (χ0) is 12.0. The zero-order valence-electron chi connectivity index (χ0n) is 9.69. The second kappa shape index (κ2) is 3.64. The first kappa shape index (κ1) is 11.7. The Morgan fingerprint density at radius 3 is 2.31 bits per heavy atom. The average Bonchev–Trinajstić information content (AvgIpc) is 2.02. The van der Waals surface area contributed by atoms with E-state index in [0.717, 1.165) is 25.7 Å². The van der Waals surface area contributed by atoms with Gasteiger partial charge in [-0.15, -0.1) is 0 Å². The lowest BCUT2D eigenvalue weighted by Crippen LogP contribution is -2.27. The van der Waals surface area contributed by atoms with Gasteiger partial charge in [0.05, 0.1) is 5.57 Å². The summed E-state index contributed by atoms with van der Waals surface area (Å²) in [6.07, 6.45) is 2.65. The minimum absolute atomic E-state index is 0.156. The lowest BCUT2D eigenvalue weighted by atomic mass is 9.71. The van der Waals surface area contributed by atoms with Crippen molar-refractivity contribution < 1.29 is 13.2 Å². The molecule has 0 aromatic rings. The van der Waals surface area contributed by atoms with Crippen molar-refractivity contribution in [1.29, 1.82) is 0 Å². The molecule has 0 aromatic heterocycles. The van der Waals surface area contributed by atoms with Gasteiger partial charge in [-0.2, -0.15) is 13.2 Å². The molecule has 2 aliphatic rings. The topological polar surface area (TPSA) is 0 Å². The Balaban J connectivity index is 2.31. The predicted molar refractivity (Wildman–Crippen MR) is 58.0 cm³/mol. The number of halogens is 3. The zero-order valence-corrected chi connectivity index (χ0v) is 9.69. The number of hydrogen-bond donors (Lipinski definition) is 0. The number of alkyl halides is 3. The molecule has 2 rings (SSSR count). The minimum atomic E-state index is -4.20. The van der Waals surface area contributed by atoms with Gasteiger partial charge in [0.2, 0.25) is 0 Å². The Morgan fingerprint density at radius 2 is 1.88 bits per heavy atom. The lowest BCUT2D eigenvalue weighted by molar-refractivity contribution is -0.0917. The molecule has 90 valence electrons. The van der Waals surface area contributed by atoms with Gasteiger partial charge in [0, 0.05) is 0 Å². The van der Waals surface area contributed by atoms with Crippen LogP contribution in [0.4, 0.5) is 13.2 Å². The molecule has 0 bridgehead atoms. The van der Waals surface area contributed by atoms with E-state index < -0.39 is 6.18 Å². The Kier molecular flexibility index (Phi) is 2.67. The molecule has 0 amide bonds. The third kappa shape index (κ3) is 2.18. The second-order valence-corrected chi connectivity index (χ2v) is 5.54. The standard InChI is InChI=1S/C13H17F3/c1-12(2)7-6-10(9-4-3-5-9)11(8-12)13(14,15)16/h6,8-9H,3-5,7H2,1-2H3. The first-order chi connectivity index (χ1) is 7.30. The summed E-state index contributed by atoms with van der Waals surface area (Å²) in [6, 6.07) is 0. The van der Waals surface area contributed by atoms with Crippen LogP contribution in [0.5, 0.6) is 0 Å². The van der Waals surface area contributed by atoms with Crippen molar-refractivity contribution >= 4 is 0 Å². The van der Waals surface area contributed by atoms with Crippen molar-refractivity contribution in [1.82, 2.24) is 0 Å². The van der Waals surface area contributed by atoms with Crippen molar-refractivity contribution in [3.05, 3.63) is 23.3 Å². The van der Waals surface area contributed by atoms with Crippen molar-refractivity contribution in [3.8, 4) is 0 Å². The molecule has 0 saturated heterocycles. The van der Waals surface area contributed by atoms with Crippen LogP contribution in [0.15, 0.2) is 23.3 Å². The summed E-state index contributed by atoms with van der Waals surface area (Å²) >= 11 is 0. The highest BCUT2D eigenvalue weighted by molar-refractivity contribution is 5.41. The summed E-state index contributed by atoms with van der Waals surface area (Å²) in [4.78, 5) is 0. The van der Waals surface area contributed by atoms with Gasteiger partial charge in [-0.3, -0.25) is 0 Å². The summed E-state index contributed by atoms with van der Waals surface area (Å²) in [5.74, 6) is 0.156. The smallest absolute Gasteiger partial charge is 0.166 e. The van der Waals surface area contributed by atoms with Gasteiger partial charge in [-0.05, 0) is 36.2 Å². The van der Waals surface area contributed by atoms with Gasteiger partial charge in [0.1, 0.15) is 0 Å². The van der Waals surface area contributed by atoms with Crippen LogP contribution < -0.4 is 0 Å². The second-order valence-electron chi connectivity index (χ2n) is 5.54. The first-order valence-electron chi connectivity index (χ1n) is 5.80. The molecule has 0 aliphatic heterocycles. The fourth-order valence-electron chi connectivity index (χ4n) is 2.37. The van der Waals surface area contributed by atoms with E-state index in [1.165, 1.54) is 6.08 Å². The highest BCUT2D eigenvalue weighted by Gasteiger charge is 2.42. The van der Waals surface area contributed by atoms with Gasteiger partial charge in [0.15, 0.2) is 0 Å². The molecule has 0 N–H and O–H groups in total. The van der Waals surface area contributed by atoms with Crippen molar-refractivity contribution in [2.24, 2.45) is 11.3 Å². The average molecular weight is 230 g/mol. The Labute approximate surface area is 94.2 Å². The van der Waals surface area contributed by atoms with E-state index in [2.05, 4.69) is 0 Å². The van der Waals surface area contributed by atoms with Crippen LogP contribution in [0.1, 0.15) is 39.5 Å². The molecule has 0 heterocycles. The van der Waals surface area contributed by atoms with Crippen LogP contribution in [0.2, 0.25) is 0 Å². The lowest BCUT2D eigenvalue weighted by Gasteiger charge is -2.35. The fraction of sp³-hybridized carbons (Fsp3) is 0.692. The maximum absolute atomic E-state index is 12.9. The van der Waals surface area contributed by atoms with Crippen LogP contribution >= 0.6 is 0 Å². The van der Waals surface area contributed by atoms with E-state index >= 15 is 0 Å². The molecule has 0 radical (unpaired) electrons. The molecular formula is C13H17F3. The van der Waals surface area contributed by atoms with E-state index in [4.69, 9.17) is 0 Å². The summed E-state index contributed by atoms with van der Waals surface area (Å²) in [5.41, 5.74) is -0.190. The number of hydrogen-bond acceptors (Lipinski definition) is 0. The van der Waals surface area contributed by atoms with Gasteiger partial charge in [-0.25, -0.2) is 0 Å². The molecule has 0 aromatic carbocycles. The monoisotopic (exact) mass is 230 g/mol. The van der Waals surface area contributed by atoms with Crippen LogP contribution in [-0.2, 0) is 0 Å². The van der Waals surface area contributed by atoms with E-state index in [9.17, 15) is 13.2 Å². The summed E-state index contributed by atoms with van der Waals surface area (Å²) in [7, 11) is 0. The van der Waals surface area contributed by atoms with Gasteiger partial charge < -0.3 is 0 Å². The molecule has 0 nitrogen and oxygen atoms in total. The van der Waals surface area contributed by atoms with Crippen LogP contribution in [0.3, 0.4) is 0 Å². The molecule has 0 unspecified atom stereocenters. The minimum Gasteiger partial charge on any atom is -0.166 e. The largest absolute Gasteiger partial charge is 0.416 e. The highest BCUT2D eigenvalue weighted by Crippen LogP contribution is 2.47. The molecular weight excluding hydrogens is 213 g/mol. The third-order valence-electron chi connectivity index (χ3n) is 3.54. The molecule has 0 atom stereocenters. The highest BCUT2D eigenvalue weighted by atomic mass is 19.4. The van der Waals surface area contributed by atoms with E-state index in [0.29, 0.717) is 5.57 Å². The SMILES string of the molecule is CC1(C)C=C(C(F)(F)F)C(C2CCC2)=CC1. The molecule has 3 heteroatoms. The first-order valence-corrected chi connectivity index (χ1v) is 5.80. The van der Waals surface area contributed by atoms with Gasteiger partial charge in [-0.1, -0.05) is 32.4 Å². The van der Waals surface area contributed by atoms with E-state index in [1.54, 1.807) is 0 Å². The fourth-order valence-corrected chi connectivity index (χ4v) is 2.37. The van der Waals surface area contributed by atoms with E-state index in [-0.39, 0.29) is 16.9 Å². The van der Waals surface area contributed by atoms with E-state index in [1.807, 2.05) is 19.9 Å². The number of rotatable bonds is 1. The quantitative estimate of drug-likeness (QED) is 0.616. The number of allylic oxidation sites excluding steroid dienone is 4. The van der Waals surface area contributed by atoms with Crippen LogP contribution in [-0.4, -0.2) is 6.18 Å². The van der Waals surface area contributed by atoms with Gasteiger partial charge in [0.25, 0.3) is 0 Å². The Hall–Kier alpha value is -0.730. The summed E-state index contributed by atoms with van der Waals surface area (Å²) < 4.78 is 38.8. The summed E-state index contributed by atoms with van der Waals surface area (Å²) in [5, 5.41) is 0. The molecule has 0 spiro atoms. The molecule has 16 heavy (non-hydrogen) atoms. The Bertz CT molecular complexity index is 341. The summed E-state index contributed by atoms with van der Waals surface area (Å²) in [6.45, 7) is 3.71.